The van der Waals surface area contributed by atoms with Crippen LogP contribution < -0.4 is 0 Å². The predicted octanol–water partition coefficient (Wildman–Crippen LogP) is 29.2. The van der Waals surface area contributed by atoms with E-state index in [4.69, 9.17) is 29.1 Å². The Hall–Kier alpha value is -15.4. The average molecular weight is 1540 g/mol. The van der Waals surface area contributed by atoms with Gasteiger partial charge in [0.2, 0.25) is 0 Å². The first-order valence-corrected chi connectivity index (χ1v) is 41.3. The van der Waals surface area contributed by atoms with Crippen LogP contribution in [-0.4, -0.2) is 29.1 Å². The van der Waals surface area contributed by atoms with Crippen LogP contribution in [0, 0.1) is 5.92 Å². The fourth-order valence-electron chi connectivity index (χ4n) is 18.3. The Morgan fingerprint density at radius 1 is 0.294 bits per heavy atom. The van der Waals surface area contributed by atoms with Crippen LogP contribution in [0.5, 0.6) is 0 Å². The number of para-hydroxylation sites is 4. The van der Waals surface area contributed by atoms with Crippen molar-refractivity contribution in [3.05, 3.63) is 411 Å². The molecule has 1 atom stereocenters. The fourth-order valence-corrected chi connectivity index (χ4v) is 19.5. The number of hydrogen-bond acceptors (Lipinski definition) is 7. The summed E-state index contributed by atoms with van der Waals surface area (Å²) in [7, 11) is 0. The summed E-state index contributed by atoms with van der Waals surface area (Å²) in [6, 6.07) is 135. The van der Waals surface area contributed by atoms with Crippen molar-refractivity contribution in [3.8, 4) is 113 Å². The monoisotopic (exact) mass is 1540 g/mol. The van der Waals surface area contributed by atoms with E-state index in [0.717, 1.165) is 152 Å². The van der Waals surface area contributed by atoms with Gasteiger partial charge in [-0.1, -0.05) is 303 Å². The topological polar surface area (TPSA) is 83.8 Å². The number of hydrogen-bond donors (Lipinski definition) is 0. The van der Waals surface area contributed by atoms with E-state index in [2.05, 4.69) is 385 Å². The van der Waals surface area contributed by atoms with Crippen molar-refractivity contribution in [2.45, 2.75) is 6.42 Å². The highest BCUT2D eigenvalue weighted by Crippen LogP contribution is 2.48. The average Bonchev–Trinajstić information content (AvgIpc) is 1.57. The predicted molar refractivity (Wildman–Crippen MR) is 493 cm³/mol. The number of allylic oxidation sites excluding steroid dienone is 4. The van der Waals surface area contributed by atoms with Gasteiger partial charge in [-0.2, -0.15) is 0 Å². The smallest absolute Gasteiger partial charge is 0.160 e. The molecule has 1 unspecified atom stereocenters. The normalized spacial score (nSPS) is 13.5. The molecule has 24 rings (SSSR count). The SMILES string of the molecule is C1=C(c2ccc(-c3cc(-c4ccc(-c5cccc6ccccc56)cc4)nc(-c4ccc5c(c4)sc4ccccc45)n3)cc2)OC2=CC=C(c3cccc4c3c3ccccc3n4-c3cc(-c4nc(-c5ccc(-c6cc7ccccc7o6)cc5)cc(-c5ccc(-c6cccc7ccccc67)cc5)n4)cc(-n4c5ccccc5c5ccccc54)c3)CC12. The van der Waals surface area contributed by atoms with Crippen LogP contribution in [0.25, 0.3) is 220 Å². The lowest BCUT2D eigenvalue weighted by atomic mass is 9.87. The number of benzene rings is 16. The molecular weight excluding hydrogens is 1470 g/mol. The molecule has 22 aromatic rings. The lowest BCUT2D eigenvalue weighted by Crippen LogP contribution is -2.04. The Balaban J connectivity index is 0.592. The van der Waals surface area contributed by atoms with Crippen molar-refractivity contribution in [3.63, 3.8) is 0 Å². The van der Waals surface area contributed by atoms with E-state index in [-0.39, 0.29) is 5.92 Å². The molecule has 556 valence electrons. The van der Waals surface area contributed by atoms with Crippen LogP contribution in [-0.2, 0) is 4.74 Å². The van der Waals surface area contributed by atoms with E-state index in [1.807, 2.05) is 18.2 Å². The molecule has 0 bridgehead atoms. The van der Waals surface area contributed by atoms with Gasteiger partial charge in [-0.3, -0.25) is 0 Å². The molecule has 119 heavy (non-hydrogen) atoms. The maximum Gasteiger partial charge on any atom is 0.160 e. The van der Waals surface area contributed by atoms with E-state index in [1.54, 1.807) is 11.3 Å². The summed E-state index contributed by atoms with van der Waals surface area (Å²) >= 11 is 1.81. The number of thiophene rings is 1. The Bertz CT molecular complexity index is 7940. The molecule has 9 heteroatoms. The van der Waals surface area contributed by atoms with Gasteiger partial charge in [0.15, 0.2) is 11.6 Å². The zero-order valence-electron chi connectivity index (χ0n) is 64.2. The molecule has 8 nitrogen and oxygen atoms in total. The molecule has 0 amide bonds. The van der Waals surface area contributed by atoms with Crippen LogP contribution in [0.2, 0.25) is 0 Å². The van der Waals surface area contributed by atoms with Crippen molar-refractivity contribution >= 4 is 119 Å². The molecule has 0 saturated carbocycles. The van der Waals surface area contributed by atoms with E-state index < -0.39 is 0 Å². The summed E-state index contributed by atoms with van der Waals surface area (Å²) < 4.78 is 20.6. The minimum absolute atomic E-state index is 0.0216. The number of fused-ring (bicyclic) bond motifs is 13. The van der Waals surface area contributed by atoms with Crippen molar-refractivity contribution in [1.29, 1.82) is 0 Å². The first-order chi connectivity index (χ1) is 58.9. The van der Waals surface area contributed by atoms with Crippen LogP contribution >= 0.6 is 11.3 Å². The second kappa shape index (κ2) is 27.7. The Morgan fingerprint density at radius 2 is 0.731 bits per heavy atom. The van der Waals surface area contributed by atoms with Crippen molar-refractivity contribution in [1.82, 2.24) is 29.1 Å². The number of rotatable bonds is 13. The fraction of sp³-hybridized carbons (Fsp3) is 0.0182. The lowest BCUT2D eigenvalue weighted by molar-refractivity contribution is 0.367. The number of aromatic nitrogens is 6. The molecule has 1 aliphatic carbocycles. The zero-order chi connectivity index (χ0) is 78.2. The van der Waals surface area contributed by atoms with Gasteiger partial charge in [0, 0.05) is 109 Å². The standard InChI is InChI=1S/C110H68N6O2S/c1-4-23-84-67(18-1)21-15-29-86(84)69-38-42-71(43-39-69)94-65-95(112-109(111-94)79-54-56-92-91-27-9-14-37-106(91)119-107(92)63-79)73-48-52-76(53-49-73)105-62-80-58-77(55-57-103(80)118-105)88-31-17-35-101-108(88)93-28-8-12-34-100(93)116(101)83-60-81(59-82(64-83)115-98-32-10-6-25-89(98)90-26-7-11-33-99(90)115)110-113-96(72-44-40-70(41-45-72)87-30-16-22-68-19-2-5-24-85(68)87)66-97(114-110)74-46-50-75(51-47-74)104-61-78-20-3-13-36-102(78)117-104/h1-57,59-66,80H,58H2. The van der Waals surface area contributed by atoms with E-state index in [1.165, 1.54) is 80.1 Å². The van der Waals surface area contributed by atoms with Crippen LogP contribution in [0.4, 0.5) is 0 Å². The van der Waals surface area contributed by atoms with Crippen LogP contribution in [0.15, 0.2) is 405 Å². The van der Waals surface area contributed by atoms with Crippen LogP contribution in [0.3, 0.4) is 0 Å². The second-order valence-electron chi connectivity index (χ2n) is 31.1. The summed E-state index contributed by atoms with van der Waals surface area (Å²) in [6.45, 7) is 0. The molecular formula is C110H68N6O2S. The quantitative estimate of drug-likeness (QED) is 0.114. The Labute approximate surface area is 688 Å². The number of nitrogens with zero attached hydrogens (tertiary/aromatic N) is 6. The maximum atomic E-state index is 6.88. The molecule has 0 spiro atoms. The molecule has 7 heterocycles. The second-order valence-corrected chi connectivity index (χ2v) is 32.2. The summed E-state index contributed by atoms with van der Waals surface area (Å²) in [4.78, 5) is 22.0. The Kier molecular flexibility index (Phi) is 15.8. The molecule has 2 aliphatic rings. The highest BCUT2D eigenvalue weighted by molar-refractivity contribution is 7.25. The zero-order valence-corrected chi connectivity index (χ0v) is 65.0. The highest BCUT2D eigenvalue weighted by Gasteiger charge is 2.30. The van der Waals surface area contributed by atoms with Gasteiger partial charge in [0.25, 0.3) is 0 Å². The lowest BCUT2D eigenvalue weighted by Gasteiger charge is -2.19. The summed E-state index contributed by atoms with van der Waals surface area (Å²) in [6.07, 6.45) is 7.53. The summed E-state index contributed by atoms with van der Waals surface area (Å²) in [5.74, 6) is 3.90. The van der Waals surface area contributed by atoms with Gasteiger partial charge in [-0.05, 0) is 152 Å². The summed E-state index contributed by atoms with van der Waals surface area (Å²) in [5.41, 5.74) is 25.4. The van der Waals surface area contributed by atoms with Crippen molar-refractivity contribution in [2.24, 2.45) is 5.92 Å². The van der Waals surface area contributed by atoms with Gasteiger partial charge in [0.05, 0.1) is 44.8 Å². The number of ether oxygens (including phenoxy) is 1. The molecule has 6 aromatic heterocycles. The molecule has 0 N–H and O–H groups in total. The summed E-state index contributed by atoms with van der Waals surface area (Å²) in [5, 5.41) is 13.1. The van der Waals surface area contributed by atoms with E-state index in [9.17, 15) is 0 Å². The third kappa shape index (κ3) is 11.7. The van der Waals surface area contributed by atoms with E-state index >= 15 is 0 Å². The van der Waals surface area contributed by atoms with E-state index in [0.29, 0.717) is 11.6 Å². The highest BCUT2D eigenvalue weighted by atomic mass is 32.1. The van der Waals surface area contributed by atoms with Crippen molar-refractivity contribution < 1.29 is 9.15 Å². The van der Waals surface area contributed by atoms with Gasteiger partial charge in [-0.15, -0.1) is 11.3 Å². The van der Waals surface area contributed by atoms with Gasteiger partial charge in [0.1, 0.15) is 22.9 Å². The van der Waals surface area contributed by atoms with Gasteiger partial charge in [-0.25, -0.2) is 19.9 Å². The minimum atomic E-state index is 0.0216. The first kappa shape index (κ1) is 68.0. The number of furan rings is 1. The molecule has 16 aromatic carbocycles. The van der Waals surface area contributed by atoms with Crippen molar-refractivity contribution in [2.75, 3.05) is 0 Å². The van der Waals surface area contributed by atoms with Crippen LogP contribution in [0.1, 0.15) is 17.5 Å². The Morgan fingerprint density at radius 3 is 1.33 bits per heavy atom. The maximum absolute atomic E-state index is 6.88. The third-order valence-electron chi connectivity index (χ3n) is 24.1. The van der Waals surface area contributed by atoms with Gasteiger partial charge < -0.3 is 18.3 Å². The molecule has 0 radical (unpaired) electrons. The minimum Gasteiger partial charge on any atom is -0.461 e. The molecule has 0 saturated heterocycles. The molecule has 1 aliphatic heterocycles. The molecule has 0 fully saturated rings. The van der Waals surface area contributed by atoms with Gasteiger partial charge >= 0.3 is 0 Å². The third-order valence-corrected chi connectivity index (χ3v) is 25.3. The first-order valence-electron chi connectivity index (χ1n) is 40.4. The largest absolute Gasteiger partial charge is 0.461 e.